The van der Waals surface area contributed by atoms with Crippen molar-refractivity contribution in [3.05, 3.63) is 59.2 Å². The molecule has 1 amide bonds. The van der Waals surface area contributed by atoms with Crippen LogP contribution in [0.5, 0.6) is 11.5 Å². The van der Waals surface area contributed by atoms with E-state index in [4.69, 9.17) is 9.47 Å². The van der Waals surface area contributed by atoms with Crippen LogP contribution in [0.3, 0.4) is 0 Å². The number of amides is 1. The first-order valence-electron chi connectivity index (χ1n) is 9.98. The Hall–Kier alpha value is -2.82. The molecule has 0 unspecified atom stereocenters. The Morgan fingerprint density at radius 2 is 1.57 bits per heavy atom. The van der Waals surface area contributed by atoms with Gasteiger partial charge in [0, 0.05) is 17.2 Å². The van der Waals surface area contributed by atoms with Gasteiger partial charge in [0.2, 0.25) is 0 Å². The molecule has 0 atom stereocenters. The third-order valence-corrected chi connectivity index (χ3v) is 4.46. The summed E-state index contributed by atoms with van der Waals surface area (Å²) in [5.41, 5.74) is 1.27. The molecule has 0 saturated heterocycles. The van der Waals surface area contributed by atoms with E-state index >= 15 is 0 Å². The van der Waals surface area contributed by atoms with Crippen LogP contribution in [0.15, 0.2) is 42.5 Å². The van der Waals surface area contributed by atoms with Crippen LogP contribution in [-0.2, 0) is 0 Å². The van der Waals surface area contributed by atoms with Crippen LogP contribution in [0.2, 0.25) is 0 Å². The summed E-state index contributed by atoms with van der Waals surface area (Å²) in [5.74, 6) is 0.786. The van der Waals surface area contributed by atoms with Gasteiger partial charge in [-0.3, -0.25) is 9.59 Å². The van der Waals surface area contributed by atoms with Gasteiger partial charge in [0.25, 0.3) is 5.91 Å². The molecule has 2 aromatic rings. The number of benzene rings is 2. The van der Waals surface area contributed by atoms with Gasteiger partial charge in [0.05, 0.1) is 18.8 Å². The fourth-order valence-electron chi connectivity index (χ4n) is 2.83. The second-order valence-corrected chi connectivity index (χ2v) is 6.98. The van der Waals surface area contributed by atoms with Crippen molar-refractivity contribution in [1.29, 1.82) is 0 Å². The second-order valence-electron chi connectivity index (χ2n) is 6.98. The van der Waals surface area contributed by atoms with Crippen LogP contribution in [0, 0.1) is 0 Å². The summed E-state index contributed by atoms with van der Waals surface area (Å²) in [6.45, 7) is 5.19. The standard InChI is InChI=1S/C23H27NO4/c1-3-13-27-20-12-9-16(15-21(20)28-14-4-2)22(25)18-7-5-6-8-19(18)23(26)24-17-10-11-17/h5-9,12,15,17H,3-4,10-11,13-14H2,1-2H3,(H,24,26). The van der Waals surface area contributed by atoms with E-state index in [1.165, 1.54) is 0 Å². The molecule has 1 aliphatic carbocycles. The molecular formula is C23H27NO4. The summed E-state index contributed by atoms with van der Waals surface area (Å²) in [6, 6.07) is 12.4. The lowest BCUT2D eigenvalue weighted by molar-refractivity contribution is 0.0939. The minimum atomic E-state index is -0.204. The third kappa shape index (κ3) is 4.91. The number of carbonyl (C=O) groups excluding carboxylic acids is 2. The van der Waals surface area contributed by atoms with Gasteiger partial charge in [-0.15, -0.1) is 0 Å². The van der Waals surface area contributed by atoms with Gasteiger partial charge in [-0.2, -0.15) is 0 Å². The Morgan fingerprint density at radius 3 is 2.21 bits per heavy atom. The number of carbonyl (C=O) groups is 2. The zero-order chi connectivity index (χ0) is 19.9. The van der Waals surface area contributed by atoms with Crippen LogP contribution in [0.25, 0.3) is 0 Å². The largest absolute Gasteiger partial charge is 0.490 e. The number of hydrogen-bond acceptors (Lipinski definition) is 4. The first-order valence-corrected chi connectivity index (χ1v) is 9.98. The van der Waals surface area contributed by atoms with Crippen molar-refractivity contribution in [3.8, 4) is 11.5 Å². The molecule has 1 saturated carbocycles. The van der Waals surface area contributed by atoms with Crippen LogP contribution >= 0.6 is 0 Å². The smallest absolute Gasteiger partial charge is 0.252 e. The highest BCUT2D eigenvalue weighted by atomic mass is 16.5. The first kappa shape index (κ1) is 19.9. The predicted molar refractivity (Wildman–Crippen MR) is 108 cm³/mol. The fourth-order valence-corrected chi connectivity index (χ4v) is 2.83. The number of nitrogens with one attached hydrogen (secondary N) is 1. The molecule has 28 heavy (non-hydrogen) atoms. The molecule has 1 aliphatic rings. The van der Waals surface area contributed by atoms with Gasteiger partial charge in [-0.25, -0.2) is 0 Å². The molecule has 0 spiro atoms. The van der Waals surface area contributed by atoms with Crippen molar-refractivity contribution in [1.82, 2.24) is 5.32 Å². The van der Waals surface area contributed by atoms with E-state index in [9.17, 15) is 9.59 Å². The Labute approximate surface area is 166 Å². The monoisotopic (exact) mass is 381 g/mol. The van der Waals surface area contributed by atoms with Gasteiger partial charge in [0.15, 0.2) is 17.3 Å². The molecule has 1 N–H and O–H groups in total. The summed E-state index contributed by atoms with van der Waals surface area (Å²) in [7, 11) is 0. The van der Waals surface area contributed by atoms with Crippen molar-refractivity contribution in [2.24, 2.45) is 0 Å². The summed E-state index contributed by atoms with van der Waals surface area (Å²) in [5, 5.41) is 2.95. The Morgan fingerprint density at radius 1 is 0.929 bits per heavy atom. The maximum atomic E-state index is 13.1. The number of ether oxygens (including phenoxy) is 2. The second kappa shape index (κ2) is 9.40. The third-order valence-electron chi connectivity index (χ3n) is 4.46. The van der Waals surface area contributed by atoms with Gasteiger partial charge in [-0.05, 0) is 49.9 Å². The van der Waals surface area contributed by atoms with E-state index in [2.05, 4.69) is 5.32 Å². The zero-order valence-corrected chi connectivity index (χ0v) is 16.5. The molecule has 0 aromatic heterocycles. The highest BCUT2D eigenvalue weighted by Crippen LogP contribution is 2.30. The average molecular weight is 381 g/mol. The zero-order valence-electron chi connectivity index (χ0n) is 16.5. The normalized spacial score (nSPS) is 13.1. The summed E-state index contributed by atoms with van der Waals surface area (Å²) in [4.78, 5) is 25.7. The topological polar surface area (TPSA) is 64.6 Å². The summed E-state index contributed by atoms with van der Waals surface area (Å²) < 4.78 is 11.5. The number of ketones is 1. The fraction of sp³-hybridized carbons (Fsp3) is 0.391. The average Bonchev–Trinajstić information content (AvgIpc) is 3.54. The van der Waals surface area contributed by atoms with Crippen molar-refractivity contribution >= 4 is 11.7 Å². The van der Waals surface area contributed by atoms with Gasteiger partial charge in [-0.1, -0.05) is 32.0 Å². The lowest BCUT2D eigenvalue weighted by atomic mass is 9.97. The maximum absolute atomic E-state index is 13.1. The molecule has 0 aliphatic heterocycles. The van der Waals surface area contributed by atoms with E-state index in [0.717, 1.165) is 25.7 Å². The molecule has 0 bridgehead atoms. The summed E-state index contributed by atoms with van der Waals surface area (Å²) in [6.07, 6.45) is 3.74. The Kier molecular flexibility index (Phi) is 6.69. The summed E-state index contributed by atoms with van der Waals surface area (Å²) >= 11 is 0. The van der Waals surface area contributed by atoms with Gasteiger partial charge >= 0.3 is 0 Å². The van der Waals surface area contributed by atoms with E-state index in [-0.39, 0.29) is 17.7 Å². The minimum absolute atomic E-state index is 0.197. The first-order chi connectivity index (χ1) is 13.6. The van der Waals surface area contributed by atoms with Crippen LogP contribution in [-0.4, -0.2) is 30.9 Å². The molecule has 0 heterocycles. The lowest BCUT2D eigenvalue weighted by Crippen LogP contribution is -2.27. The SMILES string of the molecule is CCCOc1ccc(C(=O)c2ccccc2C(=O)NC2CC2)cc1OCCC. The number of hydrogen-bond donors (Lipinski definition) is 1. The van der Waals surface area contributed by atoms with Crippen LogP contribution < -0.4 is 14.8 Å². The molecule has 5 heteroatoms. The van der Waals surface area contributed by atoms with Crippen molar-refractivity contribution < 1.29 is 19.1 Å². The maximum Gasteiger partial charge on any atom is 0.252 e. The molecule has 0 radical (unpaired) electrons. The van der Waals surface area contributed by atoms with E-state index in [1.54, 1.807) is 42.5 Å². The van der Waals surface area contributed by atoms with Crippen molar-refractivity contribution in [2.75, 3.05) is 13.2 Å². The van der Waals surface area contributed by atoms with E-state index in [0.29, 0.717) is 41.4 Å². The Bertz CT molecular complexity index is 842. The molecular weight excluding hydrogens is 354 g/mol. The Balaban J connectivity index is 1.88. The minimum Gasteiger partial charge on any atom is -0.490 e. The van der Waals surface area contributed by atoms with E-state index in [1.807, 2.05) is 13.8 Å². The van der Waals surface area contributed by atoms with Gasteiger partial charge < -0.3 is 14.8 Å². The van der Waals surface area contributed by atoms with Crippen LogP contribution in [0.4, 0.5) is 0 Å². The predicted octanol–water partition coefficient (Wildman–Crippen LogP) is 4.39. The van der Waals surface area contributed by atoms with Gasteiger partial charge in [0.1, 0.15) is 0 Å². The molecule has 2 aromatic carbocycles. The van der Waals surface area contributed by atoms with Crippen LogP contribution in [0.1, 0.15) is 65.8 Å². The number of rotatable bonds is 10. The van der Waals surface area contributed by atoms with Crippen molar-refractivity contribution in [3.63, 3.8) is 0 Å². The molecule has 1 fully saturated rings. The lowest BCUT2D eigenvalue weighted by Gasteiger charge is -2.14. The molecule has 3 rings (SSSR count). The molecule has 148 valence electrons. The van der Waals surface area contributed by atoms with Crippen molar-refractivity contribution in [2.45, 2.75) is 45.6 Å². The van der Waals surface area contributed by atoms with E-state index < -0.39 is 0 Å². The highest BCUT2D eigenvalue weighted by molar-refractivity contribution is 6.15. The highest BCUT2D eigenvalue weighted by Gasteiger charge is 2.26. The quantitative estimate of drug-likeness (QED) is 0.620. The molecule has 5 nitrogen and oxygen atoms in total.